The van der Waals surface area contributed by atoms with Gasteiger partial charge in [-0.3, -0.25) is 4.57 Å². The third kappa shape index (κ3) is 5.71. The van der Waals surface area contributed by atoms with Crippen molar-refractivity contribution >= 4 is 44.8 Å². The molecule has 0 N–H and O–H groups in total. The van der Waals surface area contributed by atoms with Gasteiger partial charge in [-0.15, -0.1) is 0 Å². The van der Waals surface area contributed by atoms with Crippen LogP contribution in [0.15, 0.2) is 70.8 Å². The molecule has 0 radical (unpaired) electrons. The van der Waals surface area contributed by atoms with Crippen LogP contribution in [0.4, 0.5) is 8.78 Å². The lowest BCUT2D eigenvalue weighted by molar-refractivity contribution is 0.413. The summed E-state index contributed by atoms with van der Waals surface area (Å²) >= 11 is 13.7. The Labute approximate surface area is 234 Å². The second kappa shape index (κ2) is 10.9. The molecule has 5 nitrogen and oxygen atoms in total. The molecule has 38 heavy (non-hydrogen) atoms. The highest BCUT2D eigenvalue weighted by molar-refractivity contribution is 7.98. The Bertz CT molecular complexity index is 1580. The summed E-state index contributed by atoms with van der Waals surface area (Å²) in [5, 5.41) is 1.01. The standard InChI is InChI=1S/C27H24Cl2F2N2O3S2/c1-27(2,16-5-10-21(28)24(11-16)36-3)25-14-32-26(33(25)18-8-6-17(30)7-9-18)37-15-20-22(29)12-19(13-23(20)31)38(4,34)35/h5-14H,15H2,1-4H3. The summed E-state index contributed by atoms with van der Waals surface area (Å²) in [6, 6.07) is 13.7. The van der Waals surface area contributed by atoms with Gasteiger partial charge in [0.2, 0.25) is 0 Å². The van der Waals surface area contributed by atoms with E-state index in [1.165, 1.54) is 30.0 Å². The van der Waals surface area contributed by atoms with Crippen molar-refractivity contribution in [3.8, 4) is 11.4 Å². The molecular weight excluding hydrogens is 573 g/mol. The van der Waals surface area contributed by atoms with Crippen molar-refractivity contribution in [2.45, 2.75) is 35.1 Å². The van der Waals surface area contributed by atoms with Gasteiger partial charge in [0.25, 0.3) is 0 Å². The number of rotatable bonds is 8. The second-order valence-electron chi connectivity index (χ2n) is 9.14. The van der Waals surface area contributed by atoms with Gasteiger partial charge in [-0.2, -0.15) is 0 Å². The van der Waals surface area contributed by atoms with Gasteiger partial charge in [-0.25, -0.2) is 22.2 Å². The van der Waals surface area contributed by atoms with Gasteiger partial charge in [0.1, 0.15) is 17.4 Å². The summed E-state index contributed by atoms with van der Waals surface area (Å²) in [7, 11) is -2.08. The Morgan fingerprint density at radius 3 is 2.32 bits per heavy atom. The summed E-state index contributed by atoms with van der Waals surface area (Å²) in [6.45, 7) is 4.03. The first-order valence-electron chi connectivity index (χ1n) is 11.3. The predicted molar refractivity (Wildman–Crippen MR) is 148 cm³/mol. The van der Waals surface area contributed by atoms with Gasteiger partial charge >= 0.3 is 0 Å². The van der Waals surface area contributed by atoms with Crippen LogP contribution in [0.1, 0.15) is 30.7 Å². The monoisotopic (exact) mass is 596 g/mol. The highest BCUT2D eigenvalue weighted by Crippen LogP contribution is 2.39. The molecule has 0 bridgehead atoms. The van der Waals surface area contributed by atoms with Crippen molar-refractivity contribution in [3.05, 3.63) is 99.3 Å². The van der Waals surface area contributed by atoms with E-state index >= 15 is 0 Å². The fraction of sp³-hybridized carbons (Fsp3) is 0.222. The molecule has 0 aliphatic rings. The summed E-state index contributed by atoms with van der Waals surface area (Å²) in [5.74, 6) is -0.491. The Hall–Kier alpha value is -2.59. The molecule has 4 rings (SSSR count). The minimum atomic E-state index is -3.62. The number of imidazole rings is 1. The lowest BCUT2D eigenvalue weighted by Crippen LogP contribution is -2.23. The molecule has 0 fully saturated rings. The SMILES string of the molecule is COc1cc(C(C)(C)c2cnc(SCc3c(F)cc(S(C)(=O)=O)cc3Cl)n2-c2ccc(F)cc2)ccc1Cl. The molecule has 4 aromatic rings. The number of benzene rings is 3. The van der Waals surface area contributed by atoms with E-state index in [0.29, 0.717) is 21.6 Å². The molecule has 11 heteroatoms. The maximum Gasteiger partial charge on any atom is 0.175 e. The van der Waals surface area contributed by atoms with E-state index in [9.17, 15) is 17.2 Å². The Balaban J connectivity index is 1.78. The van der Waals surface area contributed by atoms with E-state index in [1.54, 1.807) is 31.5 Å². The fourth-order valence-electron chi connectivity index (χ4n) is 3.98. The van der Waals surface area contributed by atoms with Crippen molar-refractivity contribution < 1.29 is 21.9 Å². The molecule has 0 amide bonds. The van der Waals surface area contributed by atoms with Crippen LogP contribution in [0.2, 0.25) is 10.0 Å². The molecule has 0 unspecified atom stereocenters. The summed E-state index contributed by atoms with van der Waals surface area (Å²) in [6.07, 6.45) is 2.71. The van der Waals surface area contributed by atoms with Crippen LogP contribution in [-0.2, 0) is 21.0 Å². The molecule has 200 valence electrons. The Morgan fingerprint density at radius 1 is 1.03 bits per heavy atom. The first kappa shape index (κ1) is 28.4. The largest absolute Gasteiger partial charge is 0.495 e. The number of aromatic nitrogens is 2. The van der Waals surface area contributed by atoms with E-state index < -0.39 is 21.1 Å². The number of hydrogen-bond donors (Lipinski definition) is 0. The third-order valence-electron chi connectivity index (χ3n) is 6.22. The van der Waals surface area contributed by atoms with Crippen molar-refractivity contribution in [2.75, 3.05) is 13.4 Å². The van der Waals surface area contributed by atoms with E-state index in [4.69, 9.17) is 27.9 Å². The lowest BCUT2D eigenvalue weighted by atomic mass is 9.81. The zero-order chi connectivity index (χ0) is 27.8. The number of thioether (sulfide) groups is 1. The number of halogens is 4. The Kier molecular flexibility index (Phi) is 8.14. The van der Waals surface area contributed by atoms with Gasteiger partial charge < -0.3 is 4.74 Å². The number of hydrogen-bond acceptors (Lipinski definition) is 5. The van der Waals surface area contributed by atoms with Crippen LogP contribution in [0.25, 0.3) is 5.69 Å². The fourth-order valence-corrected chi connectivity index (χ4v) is 6.27. The van der Waals surface area contributed by atoms with Gasteiger partial charge in [0, 0.05) is 33.7 Å². The smallest absolute Gasteiger partial charge is 0.175 e. The van der Waals surface area contributed by atoms with Crippen LogP contribution in [0.5, 0.6) is 5.75 Å². The third-order valence-corrected chi connectivity index (χ3v) is 8.94. The summed E-state index contributed by atoms with van der Waals surface area (Å²) < 4.78 is 59.6. The average molecular weight is 598 g/mol. The number of ether oxygens (including phenoxy) is 1. The van der Waals surface area contributed by atoms with Crippen molar-refractivity contribution in [2.24, 2.45) is 0 Å². The van der Waals surface area contributed by atoms with Crippen molar-refractivity contribution in [3.63, 3.8) is 0 Å². The van der Waals surface area contributed by atoms with Crippen LogP contribution >= 0.6 is 35.0 Å². The van der Waals surface area contributed by atoms with Crippen LogP contribution in [0, 0.1) is 11.6 Å². The normalized spacial score (nSPS) is 12.1. The molecular formula is C27H24Cl2F2N2O3S2. The number of nitrogens with zero attached hydrogens (tertiary/aromatic N) is 2. The molecule has 3 aromatic carbocycles. The minimum Gasteiger partial charge on any atom is -0.495 e. The number of methoxy groups -OCH3 is 1. The molecule has 1 aromatic heterocycles. The van der Waals surface area contributed by atoms with Crippen LogP contribution in [0.3, 0.4) is 0 Å². The first-order valence-corrected chi connectivity index (χ1v) is 14.9. The molecule has 0 saturated heterocycles. The highest BCUT2D eigenvalue weighted by atomic mass is 35.5. The summed E-state index contributed by atoms with van der Waals surface area (Å²) in [5.41, 5.74) is 1.91. The Morgan fingerprint density at radius 2 is 1.71 bits per heavy atom. The van der Waals surface area contributed by atoms with Gasteiger partial charge in [0.15, 0.2) is 15.0 Å². The first-order chi connectivity index (χ1) is 17.8. The van der Waals surface area contributed by atoms with Crippen LogP contribution in [-0.4, -0.2) is 31.3 Å². The lowest BCUT2D eigenvalue weighted by Gasteiger charge is -2.28. The molecule has 0 saturated carbocycles. The van der Waals surface area contributed by atoms with E-state index in [0.717, 1.165) is 23.6 Å². The molecule has 0 aliphatic carbocycles. The molecule has 0 spiro atoms. The topological polar surface area (TPSA) is 61.2 Å². The molecule has 0 atom stereocenters. The summed E-state index contributed by atoms with van der Waals surface area (Å²) in [4.78, 5) is 4.42. The van der Waals surface area contributed by atoms with E-state index in [-0.39, 0.29) is 27.1 Å². The average Bonchev–Trinajstić information content (AvgIpc) is 3.28. The van der Waals surface area contributed by atoms with E-state index in [1.807, 2.05) is 30.5 Å². The highest BCUT2D eigenvalue weighted by Gasteiger charge is 2.30. The van der Waals surface area contributed by atoms with Gasteiger partial charge in [0.05, 0.1) is 28.9 Å². The van der Waals surface area contributed by atoms with Crippen LogP contribution < -0.4 is 4.74 Å². The zero-order valence-electron chi connectivity index (χ0n) is 20.9. The molecule has 1 heterocycles. The number of sulfone groups is 1. The zero-order valence-corrected chi connectivity index (χ0v) is 24.1. The van der Waals surface area contributed by atoms with E-state index in [2.05, 4.69) is 4.98 Å². The maximum atomic E-state index is 14.9. The minimum absolute atomic E-state index is 0.00614. The van der Waals surface area contributed by atoms with Gasteiger partial charge in [-0.1, -0.05) is 54.9 Å². The predicted octanol–water partition coefficient (Wildman–Crippen LogP) is 7.49. The quantitative estimate of drug-likeness (QED) is 0.197. The van der Waals surface area contributed by atoms with Crippen molar-refractivity contribution in [1.29, 1.82) is 0 Å². The van der Waals surface area contributed by atoms with Gasteiger partial charge in [-0.05, 0) is 54.1 Å². The second-order valence-corrected chi connectivity index (χ2v) is 12.9. The molecule has 0 aliphatic heterocycles. The van der Waals surface area contributed by atoms with Crippen molar-refractivity contribution in [1.82, 2.24) is 9.55 Å². The maximum absolute atomic E-state index is 14.9.